The maximum atomic E-state index is 12.5. The number of nitrogens with one attached hydrogen (secondary N) is 2. The zero-order chi connectivity index (χ0) is 26.0. The molecule has 1 amide bonds. The third-order valence-electron chi connectivity index (χ3n) is 6.44. The summed E-state index contributed by atoms with van der Waals surface area (Å²) in [6.45, 7) is 3.56. The van der Waals surface area contributed by atoms with Crippen LogP contribution in [0.5, 0.6) is 0 Å². The van der Waals surface area contributed by atoms with Crippen LogP contribution in [0.15, 0.2) is 55.1 Å². The lowest BCUT2D eigenvalue weighted by Gasteiger charge is -2.38. The molecule has 5 rings (SSSR count). The van der Waals surface area contributed by atoms with Crippen LogP contribution in [0.1, 0.15) is 24.9 Å². The van der Waals surface area contributed by atoms with Crippen molar-refractivity contribution < 1.29 is 18.0 Å². The number of carbonyl (C=O) groups is 1. The summed E-state index contributed by atoms with van der Waals surface area (Å²) in [4.78, 5) is 35.8. The molecule has 192 valence electrons. The van der Waals surface area contributed by atoms with Crippen molar-refractivity contribution in [3.63, 3.8) is 0 Å². The van der Waals surface area contributed by atoms with Gasteiger partial charge in [-0.05, 0) is 42.8 Å². The van der Waals surface area contributed by atoms with Crippen LogP contribution < -0.4 is 5.32 Å². The predicted octanol–water partition coefficient (Wildman–Crippen LogP) is 4.32. The Balaban J connectivity index is 1.24. The molecule has 1 fully saturated rings. The van der Waals surface area contributed by atoms with Gasteiger partial charge in [-0.1, -0.05) is 6.07 Å². The van der Waals surface area contributed by atoms with E-state index >= 15 is 0 Å². The van der Waals surface area contributed by atoms with E-state index in [9.17, 15) is 18.0 Å². The number of benzene rings is 1. The van der Waals surface area contributed by atoms with Gasteiger partial charge in [0.1, 0.15) is 18.6 Å². The number of halogens is 3. The number of fused-ring (bicyclic) bond motifs is 1. The second-order valence-corrected chi connectivity index (χ2v) is 8.90. The molecule has 9 nitrogen and oxygen atoms in total. The fourth-order valence-corrected chi connectivity index (χ4v) is 4.44. The molecule has 1 atom stereocenters. The van der Waals surface area contributed by atoms with Gasteiger partial charge in [-0.15, -0.1) is 0 Å². The number of amides is 1. The monoisotopic (exact) mass is 510 g/mol. The molecule has 37 heavy (non-hydrogen) atoms. The molecule has 1 aliphatic heterocycles. The molecule has 0 bridgehead atoms. The van der Waals surface area contributed by atoms with Crippen LogP contribution in [0.4, 0.5) is 24.9 Å². The lowest BCUT2D eigenvalue weighted by molar-refractivity contribution is -0.162. The average molecular weight is 511 g/mol. The Bertz CT molecular complexity index is 1380. The highest BCUT2D eigenvalue weighted by Crippen LogP contribution is 2.27. The van der Waals surface area contributed by atoms with Gasteiger partial charge in [-0.2, -0.15) is 13.2 Å². The summed E-state index contributed by atoms with van der Waals surface area (Å²) >= 11 is 0. The highest BCUT2D eigenvalue weighted by molar-refractivity contribution is 5.83. The number of aromatic nitrogens is 5. The first kappa shape index (κ1) is 24.6. The van der Waals surface area contributed by atoms with E-state index in [1.54, 1.807) is 12.4 Å². The molecule has 0 saturated carbocycles. The molecule has 4 heterocycles. The van der Waals surface area contributed by atoms with Crippen molar-refractivity contribution in [1.29, 1.82) is 0 Å². The maximum absolute atomic E-state index is 12.5. The third-order valence-corrected chi connectivity index (χ3v) is 6.44. The Morgan fingerprint density at radius 3 is 2.62 bits per heavy atom. The Hall–Kier alpha value is -4.06. The topological polar surface area (TPSA) is 103 Å². The molecule has 0 spiro atoms. The van der Waals surface area contributed by atoms with Crippen LogP contribution >= 0.6 is 0 Å². The first-order valence-electron chi connectivity index (χ1n) is 11.8. The van der Waals surface area contributed by atoms with Gasteiger partial charge in [0, 0.05) is 50.2 Å². The number of hydrogen-bond acceptors (Lipinski definition) is 7. The minimum Gasteiger partial charge on any atom is -0.340 e. The number of aromatic amines is 1. The first-order chi connectivity index (χ1) is 17.7. The molecule has 1 aliphatic rings. The van der Waals surface area contributed by atoms with Crippen LogP contribution in [-0.2, 0) is 4.79 Å². The molecule has 0 radical (unpaired) electrons. The van der Waals surface area contributed by atoms with Gasteiger partial charge < -0.3 is 15.2 Å². The highest BCUT2D eigenvalue weighted by atomic mass is 19.4. The van der Waals surface area contributed by atoms with Crippen molar-refractivity contribution >= 4 is 28.7 Å². The summed E-state index contributed by atoms with van der Waals surface area (Å²) in [5.41, 5.74) is 4.40. The van der Waals surface area contributed by atoms with E-state index in [0.29, 0.717) is 24.9 Å². The molecular weight excluding hydrogens is 485 g/mol. The molecular formula is C25H25F3N8O. The Labute approximate surface area is 210 Å². The van der Waals surface area contributed by atoms with Crippen molar-refractivity contribution in [3.8, 4) is 11.3 Å². The summed E-state index contributed by atoms with van der Waals surface area (Å²) in [7, 11) is 0. The van der Waals surface area contributed by atoms with E-state index < -0.39 is 18.5 Å². The molecule has 0 aliphatic carbocycles. The lowest BCUT2D eigenvalue weighted by atomic mass is 10.1. The van der Waals surface area contributed by atoms with Crippen LogP contribution in [0, 0.1) is 0 Å². The number of carbonyl (C=O) groups excluding carboxylic acids is 1. The highest BCUT2D eigenvalue weighted by Gasteiger charge is 2.35. The average Bonchev–Trinajstić information content (AvgIpc) is 3.29. The maximum Gasteiger partial charge on any atom is 0.397 e. The molecule has 1 saturated heterocycles. The summed E-state index contributed by atoms with van der Waals surface area (Å²) in [6, 6.07) is 11.5. The summed E-state index contributed by atoms with van der Waals surface area (Å²) in [5, 5.41) is 3.21. The minimum atomic E-state index is -4.49. The zero-order valence-electron chi connectivity index (χ0n) is 20.0. The number of rotatable bonds is 6. The van der Waals surface area contributed by atoms with E-state index in [1.807, 2.05) is 43.3 Å². The van der Waals surface area contributed by atoms with Crippen LogP contribution in [0.25, 0.3) is 22.3 Å². The normalized spacial score (nSPS) is 15.6. The quantitative estimate of drug-likeness (QED) is 0.398. The van der Waals surface area contributed by atoms with Crippen LogP contribution in [0.2, 0.25) is 0 Å². The zero-order valence-corrected chi connectivity index (χ0v) is 20.0. The van der Waals surface area contributed by atoms with E-state index in [0.717, 1.165) is 27.9 Å². The summed E-state index contributed by atoms with van der Waals surface area (Å²) in [6.07, 6.45) is -0.994. The Kier molecular flexibility index (Phi) is 6.74. The van der Waals surface area contributed by atoms with Gasteiger partial charge in [-0.3, -0.25) is 9.69 Å². The fraction of sp³-hybridized carbons (Fsp3) is 0.320. The fourth-order valence-electron chi connectivity index (χ4n) is 4.44. The molecule has 12 heteroatoms. The van der Waals surface area contributed by atoms with Gasteiger partial charge in [0.15, 0.2) is 0 Å². The van der Waals surface area contributed by atoms with E-state index in [4.69, 9.17) is 0 Å². The van der Waals surface area contributed by atoms with E-state index in [-0.39, 0.29) is 19.1 Å². The second-order valence-electron chi connectivity index (χ2n) is 8.90. The number of piperazine rings is 1. The Morgan fingerprint density at radius 1 is 1.08 bits per heavy atom. The molecule has 0 unspecified atom stereocenters. The lowest BCUT2D eigenvalue weighted by Crippen LogP contribution is -2.50. The van der Waals surface area contributed by atoms with Gasteiger partial charge in [0.25, 0.3) is 0 Å². The number of imidazole rings is 1. The van der Waals surface area contributed by atoms with Crippen molar-refractivity contribution in [2.24, 2.45) is 0 Å². The SMILES string of the molecule is C[C@H](c1ccnc(Nc2nc3ccc(-c4ccncn4)cc3[nH]2)c1)N1CCN(C(=O)CC(F)(F)F)CC1. The smallest absolute Gasteiger partial charge is 0.340 e. The summed E-state index contributed by atoms with van der Waals surface area (Å²) < 4.78 is 37.6. The van der Waals surface area contributed by atoms with Gasteiger partial charge in [0.2, 0.25) is 11.9 Å². The molecule has 2 N–H and O–H groups in total. The largest absolute Gasteiger partial charge is 0.397 e. The van der Waals surface area contributed by atoms with Crippen molar-refractivity contribution in [2.45, 2.75) is 25.6 Å². The predicted molar refractivity (Wildman–Crippen MR) is 132 cm³/mol. The molecule has 4 aromatic rings. The molecule has 3 aromatic heterocycles. The standard InChI is InChI=1S/C25H25F3N8O/c1-16(35-8-10-36(11-9-35)23(37)14-25(26,27)28)17-4-7-30-22(13-17)34-24-32-20-3-2-18(12-21(20)33-24)19-5-6-29-15-31-19/h2-7,12-13,15-16H,8-11,14H2,1H3,(H2,30,32,33,34)/t16-/m1/s1. The van der Waals surface area contributed by atoms with Crippen LogP contribution in [-0.4, -0.2) is 73.0 Å². The first-order valence-corrected chi connectivity index (χ1v) is 11.8. The van der Waals surface area contributed by atoms with Gasteiger partial charge in [-0.25, -0.2) is 19.9 Å². The molecule has 1 aromatic carbocycles. The Morgan fingerprint density at radius 2 is 1.89 bits per heavy atom. The van der Waals surface area contributed by atoms with Crippen molar-refractivity contribution in [2.75, 3.05) is 31.5 Å². The van der Waals surface area contributed by atoms with E-state index in [1.165, 1.54) is 11.2 Å². The van der Waals surface area contributed by atoms with Crippen molar-refractivity contribution in [1.82, 2.24) is 34.7 Å². The van der Waals surface area contributed by atoms with Crippen LogP contribution in [0.3, 0.4) is 0 Å². The van der Waals surface area contributed by atoms with E-state index in [2.05, 4.69) is 35.1 Å². The van der Waals surface area contributed by atoms with Crippen molar-refractivity contribution in [3.05, 3.63) is 60.7 Å². The minimum absolute atomic E-state index is 0.00508. The number of pyridine rings is 1. The van der Waals surface area contributed by atoms with Gasteiger partial charge >= 0.3 is 6.18 Å². The van der Waals surface area contributed by atoms with Gasteiger partial charge in [0.05, 0.1) is 16.7 Å². The number of hydrogen-bond donors (Lipinski definition) is 2. The summed E-state index contributed by atoms with van der Waals surface area (Å²) in [5.74, 6) is 0.285. The number of anilines is 2. The number of H-pyrrole nitrogens is 1. The number of nitrogens with zero attached hydrogens (tertiary/aromatic N) is 6. The number of alkyl halides is 3. The third kappa shape index (κ3) is 5.85. The second kappa shape index (κ2) is 10.1.